The van der Waals surface area contributed by atoms with Crippen LogP contribution in [0.25, 0.3) is 0 Å². The highest BCUT2D eigenvalue weighted by Crippen LogP contribution is 2.10. The molecule has 2 heterocycles. The van der Waals surface area contributed by atoms with Crippen LogP contribution in [0.3, 0.4) is 0 Å². The molecular formula is C12H17N3O2. The molecule has 0 saturated carbocycles. The van der Waals surface area contributed by atoms with Crippen LogP contribution in [0.1, 0.15) is 28.9 Å². The summed E-state index contributed by atoms with van der Waals surface area (Å²) in [6, 6.07) is 1.62. The third-order valence-electron chi connectivity index (χ3n) is 3.11. The summed E-state index contributed by atoms with van der Waals surface area (Å²) in [6.45, 7) is 3.05. The molecule has 1 aliphatic heterocycles. The van der Waals surface area contributed by atoms with Gasteiger partial charge in [-0.15, -0.1) is 0 Å². The summed E-state index contributed by atoms with van der Waals surface area (Å²) in [5.74, 6) is -0.196. The summed E-state index contributed by atoms with van der Waals surface area (Å²) >= 11 is 0. The van der Waals surface area contributed by atoms with Crippen molar-refractivity contribution in [1.82, 2.24) is 9.88 Å². The molecule has 1 fully saturated rings. The average molecular weight is 235 g/mol. The number of likely N-dealkylation sites (tertiary alicyclic amines) is 1. The van der Waals surface area contributed by atoms with E-state index in [1.807, 2.05) is 0 Å². The lowest BCUT2D eigenvalue weighted by molar-refractivity contribution is 0.0713. The molecule has 5 nitrogen and oxygen atoms in total. The van der Waals surface area contributed by atoms with E-state index < -0.39 is 0 Å². The van der Waals surface area contributed by atoms with Crippen molar-refractivity contribution in [3.63, 3.8) is 0 Å². The van der Waals surface area contributed by atoms with Crippen LogP contribution in [-0.4, -0.2) is 34.9 Å². The van der Waals surface area contributed by atoms with Gasteiger partial charge in [-0.3, -0.25) is 9.59 Å². The molecule has 1 aliphatic rings. The lowest BCUT2D eigenvalue weighted by Gasteiger charge is -2.30. The summed E-state index contributed by atoms with van der Waals surface area (Å²) in [5, 5.41) is 0. The molecule has 0 radical (unpaired) electrons. The second-order valence-corrected chi connectivity index (χ2v) is 4.52. The number of hydrogen-bond donors (Lipinski definition) is 2. The van der Waals surface area contributed by atoms with Gasteiger partial charge in [0.25, 0.3) is 5.91 Å². The van der Waals surface area contributed by atoms with Gasteiger partial charge >= 0.3 is 0 Å². The van der Waals surface area contributed by atoms with Crippen LogP contribution in [0.4, 0.5) is 0 Å². The smallest absolute Gasteiger partial charge is 0.259 e. The van der Waals surface area contributed by atoms with E-state index in [1.165, 1.54) is 12.3 Å². The Balaban J connectivity index is 2.17. The number of aryl methyl sites for hydroxylation is 1. The Kier molecular flexibility index (Phi) is 3.28. The predicted octanol–water partition coefficient (Wildman–Crippen LogP) is 0.247. The van der Waals surface area contributed by atoms with Crippen molar-refractivity contribution in [2.24, 2.45) is 5.73 Å². The Hall–Kier alpha value is -1.62. The number of rotatable bonds is 1. The van der Waals surface area contributed by atoms with E-state index in [2.05, 4.69) is 4.98 Å². The highest BCUT2D eigenvalue weighted by atomic mass is 16.2. The molecule has 0 aromatic carbocycles. The van der Waals surface area contributed by atoms with Crippen LogP contribution >= 0.6 is 0 Å². The number of carbonyl (C=O) groups is 1. The number of amides is 1. The van der Waals surface area contributed by atoms with Gasteiger partial charge in [-0.05, 0) is 19.8 Å². The number of carbonyl (C=O) groups excluding carboxylic acids is 1. The molecule has 0 spiro atoms. The van der Waals surface area contributed by atoms with E-state index in [0.717, 1.165) is 18.5 Å². The van der Waals surface area contributed by atoms with Crippen LogP contribution < -0.4 is 11.2 Å². The molecule has 1 amide bonds. The minimum atomic E-state index is -0.221. The van der Waals surface area contributed by atoms with E-state index in [1.54, 1.807) is 11.8 Å². The fourth-order valence-electron chi connectivity index (χ4n) is 2.01. The van der Waals surface area contributed by atoms with Crippen LogP contribution in [0.15, 0.2) is 17.1 Å². The SMILES string of the molecule is Cc1cc(=O)c(C(=O)N2CCC(N)CC2)c[nH]1. The molecule has 3 N–H and O–H groups in total. The van der Waals surface area contributed by atoms with E-state index >= 15 is 0 Å². The molecular weight excluding hydrogens is 218 g/mol. The minimum Gasteiger partial charge on any atom is -0.364 e. The van der Waals surface area contributed by atoms with Crippen molar-refractivity contribution >= 4 is 5.91 Å². The first-order chi connectivity index (χ1) is 8.08. The Morgan fingerprint density at radius 3 is 2.71 bits per heavy atom. The Bertz CT molecular complexity index is 473. The number of H-pyrrole nitrogens is 1. The van der Waals surface area contributed by atoms with Gasteiger partial charge in [0, 0.05) is 37.1 Å². The number of hydrogen-bond acceptors (Lipinski definition) is 3. The highest BCUT2D eigenvalue weighted by Gasteiger charge is 2.23. The highest BCUT2D eigenvalue weighted by molar-refractivity contribution is 5.93. The fourth-order valence-corrected chi connectivity index (χ4v) is 2.01. The number of aromatic amines is 1. The van der Waals surface area contributed by atoms with Gasteiger partial charge in [0.15, 0.2) is 5.43 Å². The van der Waals surface area contributed by atoms with Gasteiger partial charge in [0.05, 0.1) is 0 Å². The topological polar surface area (TPSA) is 79.2 Å². The van der Waals surface area contributed by atoms with E-state index in [4.69, 9.17) is 5.73 Å². The van der Waals surface area contributed by atoms with Crippen LogP contribution in [0.5, 0.6) is 0 Å². The molecule has 0 unspecified atom stereocenters. The Morgan fingerprint density at radius 1 is 1.47 bits per heavy atom. The molecule has 1 aromatic heterocycles. The zero-order chi connectivity index (χ0) is 12.4. The molecule has 1 saturated heterocycles. The number of nitrogens with two attached hydrogens (primary N) is 1. The maximum Gasteiger partial charge on any atom is 0.259 e. The van der Waals surface area contributed by atoms with E-state index in [0.29, 0.717) is 13.1 Å². The lowest BCUT2D eigenvalue weighted by Crippen LogP contribution is -2.44. The second kappa shape index (κ2) is 4.71. The standard InChI is InChI=1S/C12H17N3O2/c1-8-6-11(16)10(7-14-8)12(17)15-4-2-9(13)3-5-15/h6-7,9H,2-5,13H2,1H3,(H,14,16). The first kappa shape index (κ1) is 11.9. The third-order valence-corrected chi connectivity index (χ3v) is 3.11. The number of nitrogens with zero attached hydrogens (tertiary/aromatic N) is 1. The van der Waals surface area contributed by atoms with E-state index in [9.17, 15) is 9.59 Å². The largest absolute Gasteiger partial charge is 0.364 e. The van der Waals surface area contributed by atoms with Crippen molar-refractivity contribution in [1.29, 1.82) is 0 Å². The van der Waals surface area contributed by atoms with Crippen LogP contribution in [0, 0.1) is 6.92 Å². The van der Waals surface area contributed by atoms with Crippen molar-refractivity contribution < 1.29 is 4.79 Å². The van der Waals surface area contributed by atoms with Gasteiger partial charge in [0.2, 0.25) is 0 Å². The Morgan fingerprint density at radius 2 is 2.12 bits per heavy atom. The normalized spacial score (nSPS) is 17.2. The summed E-state index contributed by atoms with van der Waals surface area (Å²) in [4.78, 5) is 28.4. The number of piperidine rings is 1. The molecule has 0 bridgehead atoms. The minimum absolute atomic E-state index is 0.176. The predicted molar refractivity (Wildman–Crippen MR) is 64.9 cm³/mol. The summed E-state index contributed by atoms with van der Waals surface area (Å²) in [5.41, 5.74) is 6.53. The first-order valence-corrected chi connectivity index (χ1v) is 5.82. The van der Waals surface area contributed by atoms with Crippen molar-refractivity contribution in [2.45, 2.75) is 25.8 Å². The number of aromatic nitrogens is 1. The van der Waals surface area contributed by atoms with Gasteiger partial charge in [0.1, 0.15) is 5.56 Å². The third kappa shape index (κ3) is 2.55. The monoisotopic (exact) mass is 235 g/mol. The summed E-state index contributed by atoms with van der Waals surface area (Å²) in [7, 11) is 0. The van der Waals surface area contributed by atoms with Crippen molar-refractivity contribution in [3.8, 4) is 0 Å². The average Bonchev–Trinajstić information content (AvgIpc) is 2.29. The van der Waals surface area contributed by atoms with E-state index in [-0.39, 0.29) is 22.9 Å². The van der Waals surface area contributed by atoms with Crippen molar-refractivity contribution in [2.75, 3.05) is 13.1 Å². The van der Waals surface area contributed by atoms with Gasteiger partial charge in [-0.25, -0.2) is 0 Å². The Labute approximate surface area is 99.6 Å². The molecule has 0 atom stereocenters. The zero-order valence-electron chi connectivity index (χ0n) is 9.90. The maximum atomic E-state index is 12.1. The molecule has 2 rings (SSSR count). The zero-order valence-corrected chi connectivity index (χ0v) is 9.90. The number of pyridine rings is 1. The van der Waals surface area contributed by atoms with Crippen LogP contribution in [0.2, 0.25) is 0 Å². The van der Waals surface area contributed by atoms with Crippen molar-refractivity contribution in [3.05, 3.63) is 33.7 Å². The van der Waals surface area contributed by atoms with Gasteiger partial charge in [-0.2, -0.15) is 0 Å². The molecule has 1 aromatic rings. The second-order valence-electron chi connectivity index (χ2n) is 4.52. The summed E-state index contributed by atoms with van der Waals surface area (Å²) in [6.07, 6.45) is 3.10. The first-order valence-electron chi connectivity index (χ1n) is 5.82. The molecule has 0 aliphatic carbocycles. The summed E-state index contributed by atoms with van der Waals surface area (Å²) < 4.78 is 0. The van der Waals surface area contributed by atoms with Gasteiger partial charge in [-0.1, -0.05) is 0 Å². The van der Waals surface area contributed by atoms with Crippen LogP contribution in [-0.2, 0) is 0 Å². The molecule has 5 heteroatoms. The number of nitrogens with one attached hydrogen (secondary N) is 1. The molecule has 17 heavy (non-hydrogen) atoms. The lowest BCUT2D eigenvalue weighted by atomic mass is 10.1. The maximum absolute atomic E-state index is 12.1. The van der Waals surface area contributed by atoms with Gasteiger partial charge < -0.3 is 15.6 Å². The fraction of sp³-hybridized carbons (Fsp3) is 0.500. The quantitative estimate of drug-likeness (QED) is 0.732. The molecule has 92 valence electrons.